The number of pyridine rings is 1. The van der Waals surface area contributed by atoms with Gasteiger partial charge in [0.2, 0.25) is 5.91 Å². The maximum atomic E-state index is 12.6. The SMILES string of the molecule is O=C(CCC1CCN(C(=O)c2ccccc2Cl)CC1)NCc1ccccn1. The minimum Gasteiger partial charge on any atom is -0.350 e. The van der Waals surface area contributed by atoms with Crippen LogP contribution in [0, 0.1) is 5.92 Å². The van der Waals surface area contributed by atoms with E-state index in [0.29, 0.717) is 42.6 Å². The zero-order valence-electron chi connectivity index (χ0n) is 15.2. The van der Waals surface area contributed by atoms with Crippen LogP contribution in [-0.4, -0.2) is 34.8 Å². The van der Waals surface area contributed by atoms with E-state index >= 15 is 0 Å². The number of nitrogens with one attached hydrogen (secondary N) is 1. The number of aromatic nitrogens is 1. The second-order valence-electron chi connectivity index (χ2n) is 6.85. The standard InChI is InChI=1S/C21H24ClN3O2/c22-19-7-2-1-6-18(19)21(27)25-13-10-16(11-14-25)8-9-20(26)24-15-17-5-3-4-12-23-17/h1-7,12,16H,8-11,13-15H2,(H,24,26). The van der Waals surface area contributed by atoms with Gasteiger partial charge in [-0.25, -0.2) is 0 Å². The van der Waals surface area contributed by atoms with Gasteiger partial charge in [-0.2, -0.15) is 0 Å². The maximum absolute atomic E-state index is 12.6. The van der Waals surface area contributed by atoms with Crippen LogP contribution in [0.25, 0.3) is 0 Å². The largest absolute Gasteiger partial charge is 0.350 e. The molecule has 1 aromatic carbocycles. The van der Waals surface area contributed by atoms with Gasteiger partial charge >= 0.3 is 0 Å². The van der Waals surface area contributed by atoms with Crippen molar-refractivity contribution in [2.24, 2.45) is 5.92 Å². The van der Waals surface area contributed by atoms with Crippen molar-refractivity contribution in [1.82, 2.24) is 15.2 Å². The van der Waals surface area contributed by atoms with Crippen LogP contribution in [0.4, 0.5) is 0 Å². The van der Waals surface area contributed by atoms with Gasteiger partial charge in [0.1, 0.15) is 0 Å². The number of benzene rings is 1. The number of nitrogens with zero attached hydrogens (tertiary/aromatic N) is 2. The van der Waals surface area contributed by atoms with E-state index in [0.717, 1.165) is 25.0 Å². The molecule has 27 heavy (non-hydrogen) atoms. The molecule has 1 N–H and O–H groups in total. The molecule has 2 amide bonds. The molecule has 6 heteroatoms. The fourth-order valence-corrected chi connectivity index (χ4v) is 3.56. The summed E-state index contributed by atoms with van der Waals surface area (Å²) in [7, 11) is 0. The molecule has 0 bridgehead atoms. The fourth-order valence-electron chi connectivity index (χ4n) is 3.35. The molecule has 5 nitrogen and oxygen atoms in total. The number of hydrogen-bond donors (Lipinski definition) is 1. The summed E-state index contributed by atoms with van der Waals surface area (Å²) in [5.74, 6) is 0.517. The summed E-state index contributed by atoms with van der Waals surface area (Å²) >= 11 is 6.13. The van der Waals surface area contributed by atoms with E-state index in [1.54, 1.807) is 18.3 Å². The molecule has 1 aromatic heterocycles. The van der Waals surface area contributed by atoms with Gasteiger partial charge in [-0.05, 0) is 49.4 Å². The predicted molar refractivity (Wildman–Crippen MR) is 105 cm³/mol. The van der Waals surface area contributed by atoms with E-state index < -0.39 is 0 Å². The second kappa shape index (κ2) is 9.51. The van der Waals surface area contributed by atoms with Crippen LogP contribution in [0.5, 0.6) is 0 Å². The first-order valence-corrected chi connectivity index (χ1v) is 9.71. The Morgan fingerprint density at radius 1 is 1.11 bits per heavy atom. The van der Waals surface area contributed by atoms with E-state index in [1.165, 1.54) is 0 Å². The summed E-state index contributed by atoms with van der Waals surface area (Å²) in [4.78, 5) is 30.7. The first-order chi connectivity index (χ1) is 13.1. The molecule has 2 heterocycles. The number of carbonyl (C=O) groups excluding carboxylic acids is 2. The summed E-state index contributed by atoms with van der Waals surface area (Å²) in [5.41, 5.74) is 1.42. The lowest BCUT2D eigenvalue weighted by molar-refractivity contribution is -0.121. The first-order valence-electron chi connectivity index (χ1n) is 9.34. The van der Waals surface area contributed by atoms with Gasteiger partial charge in [-0.3, -0.25) is 14.6 Å². The van der Waals surface area contributed by atoms with Crippen LogP contribution >= 0.6 is 11.6 Å². The number of hydrogen-bond acceptors (Lipinski definition) is 3. The fraction of sp³-hybridized carbons (Fsp3) is 0.381. The van der Waals surface area contributed by atoms with Gasteiger partial charge in [0, 0.05) is 25.7 Å². The third-order valence-electron chi connectivity index (χ3n) is 4.98. The smallest absolute Gasteiger partial charge is 0.255 e. The Morgan fingerprint density at radius 3 is 2.56 bits per heavy atom. The molecule has 0 aliphatic carbocycles. The van der Waals surface area contributed by atoms with Crippen molar-refractivity contribution in [3.63, 3.8) is 0 Å². The van der Waals surface area contributed by atoms with E-state index in [4.69, 9.17) is 11.6 Å². The molecule has 1 saturated heterocycles. The maximum Gasteiger partial charge on any atom is 0.255 e. The van der Waals surface area contributed by atoms with E-state index in [1.807, 2.05) is 35.2 Å². The van der Waals surface area contributed by atoms with Gasteiger partial charge in [0.05, 0.1) is 22.8 Å². The summed E-state index contributed by atoms with van der Waals surface area (Å²) < 4.78 is 0. The third-order valence-corrected chi connectivity index (χ3v) is 5.31. The van der Waals surface area contributed by atoms with Gasteiger partial charge in [-0.1, -0.05) is 29.8 Å². The zero-order chi connectivity index (χ0) is 19.1. The molecule has 3 rings (SSSR count). The molecule has 0 spiro atoms. The number of piperidine rings is 1. The number of carbonyl (C=O) groups is 2. The molecule has 0 atom stereocenters. The Hall–Kier alpha value is -2.40. The van der Waals surface area contributed by atoms with Gasteiger partial charge < -0.3 is 10.2 Å². The first kappa shape index (κ1) is 19.4. The Balaban J connectivity index is 1.39. The molecule has 2 aromatic rings. The van der Waals surface area contributed by atoms with E-state index in [2.05, 4.69) is 10.3 Å². The molecule has 1 aliphatic heterocycles. The van der Waals surface area contributed by atoms with Crippen LogP contribution in [0.15, 0.2) is 48.7 Å². The zero-order valence-corrected chi connectivity index (χ0v) is 16.0. The van der Waals surface area contributed by atoms with E-state index in [-0.39, 0.29) is 11.8 Å². The van der Waals surface area contributed by atoms with Crippen molar-refractivity contribution < 1.29 is 9.59 Å². The molecule has 1 fully saturated rings. The highest BCUT2D eigenvalue weighted by Gasteiger charge is 2.25. The average Bonchev–Trinajstić information content (AvgIpc) is 2.72. The Bertz CT molecular complexity index is 774. The van der Waals surface area contributed by atoms with Crippen LogP contribution in [-0.2, 0) is 11.3 Å². The van der Waals surface area contributed by atoms with Crippen LogP contribution < -0.4 is 5.32 Å². The van der Waals surface area contributed by atoms with Gasteiger partial charge in [-0.15, -0.1) is 0 Å². The van der Waals surface area contributed by atoms with Gasteiger partial charge in [0.25, 0.3) is 5.91 Å². The number of likely N-dealkylation sites (tertiary alicyclic amines) is 1. The van der Waals surface area contributed by atoms with Crippen molar-refractivity contribution in [3.8, 4) is 0 Å². The van der Waals surface area contributed by atoms with Crippen LogP contribution in [0.2, 0.25) is 5.02 Å². The van der Waals surface area contributed by atoms with Crippen molar-refractivity contribution in [2.75, 3.05) is 13.1 Å². The highest BCUT2D eigenvalue weighted by Crippen LogP contribution is 2.25. The van der Waals surface area contributed by atoms with Crippen molar-refractivity contribution >= 4 is 23.4 Å². The highest BCUT2D eigenvalue weighted by atomic mass is 35.5. The lowest BCUT2D eigenvalue weighted by atomic mass is 9.91. The van der Waals surface area contributed by atoms with Crippen molar-refractivity contribution in [2.45, 2.75) is 32.2 Å². The minimum atomic E-state index is -0.00726. The topological polar surface area (TPSA) is 62.3 Å². The Labute approximate surface area is 164 Å². The number of halogens is 1. The monoisotopic (exact) mass is 385 g/mol. The Kier molecular flexibility index (Phi) is 6.82. The highest BCUT2D eigenvalue weighted by molar-refractivity contribution is 6.33. The van der Waals surface area contributed by atoms with E-state index in [9.17, 15) is 9.59 Å². The normalized spacial score (nSPS) is 14.8. The average molecular weight is 386 g/mol. The summed E-state index contributed by atoms with van der Waals surface area (Å²) in [6.45, 7) is 1.89. The number of rotatable bonds is 6. The second-order valence-corrected chi connectivity index (χ2v) is 7.26. The summed E-state index contributed by atoms with van der Waals surface area (Å²) in [6.07, 6.45) is 4.92. The molecule has 142 valence electrons. The molecule has 0 saturated carbocycles. The lowest BCUT2D eigenvalue weighted by Gasteiger charge is -2.32. The molecule has 0 radical (unpaired) electrons. The number of amides is 2. The summed E-state index contributed by atoms with van der Waals surface area (Å²) in [5, 5.41) is 3.41. The van der Waals surface area contributed by atoms with Crippen molar-refractivity contribution in [1.29, 1.82) is 0 Å². The molecule has 0 unspecified atom stereocenters. The van der Waals surface area contributed by atoms with Gasteiger partial charge in [0.15, 0.2) is 0 Å². The van der Waals surface area contributed by atoms with Crippen molar-refractivity contribution in [3.05, 3.63) is 64.9 Å². The van der Waals surface area contributed by atoms with Crippen LogP contribution in [0.1, 0.15) is 41.7 Å². The quantitative estimate of drug-likeness (QED) is 0.824. The molecular formula is C21H24ClN3O2. The Morgan fingerprint density at radius 2 is 1.85 bits per heavy atom. The summed E-state index contributed by atoms with van der Waals surface area (Å²) in [6, 6.07) is 12.8. The van der Waals surface area contributed by atoms with Crippen LogP contribution in [0.3, 0.4) is 0 Å². The third kappa shape index (κ3) is 5.54. The molecular weight excluding hydrogens is 362 g/mol. The lowest BCUT2D eigenvalue weighted by Crippen LogP contribution is -2.38. The minimum absolute atomic E-state index is 0.00726. The molecule has 1 aliphatic rings. The predicted octanol–water partition coefficient (Wildman–Crippen LogP) is 3.68.